The lowest BCUT2D eigenvalue weighted by atomic mass is 9.92. The van der Waals surface area contributed by atoms with Gasteiger partial charge in [0.15, 0.2) is 0 Å². The van der Waals surface area contributed by atoms with Crippen LogP contribution in [0.25, 0.3) is 11.1 Å². The number of hydrogen-bond acceptors (Lipinski definition) is 6. The van der Waals surface area contributed by atoms with Gasteiger partial charge in [-0.15, -0.1) is 0 Å². The first kappa shape index (κ1) is 29.3. The zero-order chi connectivity index (χ0) is 30.2. The topological polar surface area (TPSA) is 121 Å². The molecule has 2 aliphatic heterocycles. The maximum absolute atomic E-state index is 12.5. The third kappa shape index (κ3) is 6.02. The number of carbonyl (C=O) groups excluding carboxylic acids is 1. The van der Waals surface area contributed by atoms with Crippen LogP contribution in [0.2, 0.25) is 5.02 Å². The number of anilines is 1. The first-order valence-corrected chi connectivity index (χ1v) is 14.4. The van der Waals surface area contributed by atoms with E-state index in [1.54, 1.807) is 29.3 Å². The van der Waals surface area contributed by atoms with E-state index in [1.807, 2.05) is 50.7 Å². The maximum atomic E-state index is 12.5. The Morgan fingerprint density at radius 2 is 1.88 bits per heavy atom. The van der Waals surface area contributed by atoms with Gasteiger partial charge in [0.2, 0.25) is 0 Å². The molecular weight excluding hydrogens is 558 g/mol. The van der Waals surface area contributed by atoms with Crippen LogP contribution in [0.4, 0.5) is 15.3 Å². The van der Waals surface area contributed by atoms with Crippen LogP contribution < -0.4 is 9.64 Å². The molecule has 0 aliphatic carbocycles. The fourth-order valence-electron chi connectivity index (χ4n) is 5.54. The SMILES string of the molecule is C[C@H]1CCc2c(ccc(-c3cnn(C4CCN(C(=O)OC(C)(C)C)CC4)c3)c2Oc2ccc(Cl)cc2C#N)N1C(=O)O. The molecule has 1 atom stereocenters. The summed E-state index contributed by atoms with van der Waals surface area (Å²) in [6.07, 6.45) is 5.08. The van der Waals surface area contributed by atoms with Crippen molar-refractivity contribution in [3.8, 4) is 28.7 Å². The standard InChI is InChI=1S/C31H34ClN5O5/c1-19-5-7-25-26(37(19)29(38)39)9-8-24(28(25)41-27-10-6-22(32)15-20(27)16-33)21-17-34-36(18-21)23-11-13-35(14-12-23)30(40)42-31(2,3)4/h6,8-10,15,17-19,23H,5,7,11-14H2,1-4H3,(H,38,39)/t19-/m0/s1. The minimum Gasteiger partial charge on any atom is -0.465 e. The van der Waals surface area contributed by atoms with Crippen LogP contribution in [-0.4, -0.2) is 56.7 Å². The van der Waals surface area contributed by atoms with Crippen molar-refractivity contribution in [2.75, 3.05) is 18.0 Å². The Morgan fingerprint density at radius 1 is 1.14 bits per heavy atom. The maximum Gasteiger partial charge on any atom is 0.412 e. The highest BCUT2D eigenvalue weighted by Gasteiger charge is 2.33. The third-order valence-corrected chi connectivity index (χ3v) is 7.87. The van der Waals surface area contributed by atoms with E-state index in [2.05, 4.69) is 11.2 Å². The molecule has 1 saturated heterocycles. The fourth-order valence-corrected chi connectivity index (χ4v) is 5.72. The highest BCUT2D eigenvalue weighted by molar-refractivity contribution is 6.30. The van der Waals surface area contributed by atoms with Gasteiger partial charge in [0.1, 0.15) is 23.2 Å². The Kier molecular flexibility index (Phi) is 8.06. The molecule has 1 fully saturated rings. The van der Waals surface area contributed by atoms with E-state index < -0.39 is 11.7 Å². The van der Waals surface area contributed by atoms with Crippen LogP contribution >= 0.6 is 11.6 Å². The Balaban J connectivity index is 1.47. The average Bonchev–Trinajstić information content (AvgIpc) is 3.43. The molecule has 1 aromatic heterocycles. The van der Waals surface area contributed by atoms with Crippen molar-refractivity contribution in [1.82, 2.24) is 14.7 Å². The molecule has 42 heavy (non-hydrogen) atoms. The number of likely N-dealkylation sites (tertiary alicyclic amines) is 1. The number of rotatable bonds is 4. The van der Waals surface area contributed by atoms with E-state index in [4.69, 9.17) is 21.1 Å². The van der Waals surface area contributed by atoms with Crippen LogP contribution in [0.5, 0.6) is 11.5 Å². The van der Waals surface area contributed by atoms with E-state index in [0.717, 1.165) is 29.5 Å². The van der Waals surface area contributed by atoms with E-state index >= 15 is 0 Å². The van der Waals surface area contributed by atoms with Gasteiger partial charge in [-0.2, -0.15) is 10.4 Å². The van der Waals surface area contributed by atoms with Gasteiger partial charge in [-0.1, -0.05) is 11.6 Å². The molecule has 0 saturated carbocycles. The largest absolute Gasteiger partial charge is 0.465 e. The lowest BCUT2D eigenvalue weighted by Gasteiger charge is -2.34. The molecule has 2 aromatic carbocycles. The number of ether oxygens (including phenoxy) is 2. The fraction of sp³-hybridized carbons (Fsp3) is 0.419. The number of halogens is 1. The van der Waals surface area contributed by atoms with Gasteiger partial charge in [-0.25, -0.2) is 9.59 Å². The van der Waals surface area contributed by atoms with Crippen molar-refractivity contribution in [1.29, 1.82) is 5.26 Å². The zero-order valence-corrected chi connectivity index (χ0v) is 24.9. The number of carbonyl (C=O) groups is 2. The summed E-state index contributed by atoms with van der Waals surface area (Å²) in [5.74, 6) is 0.822. The highest BCUT2D eigenvalue weighted by Crippen LogP contribution is 2.45. The molecule has 220 valence electrons. The number of amides is 2. The molecule has 1 N–H and O–H groups in total. The van der Waals surface area contributed by atoms with Gasteiger partial charge >= 0.3 is 12.2 Å². The van der Waals surface area contributed by atoms with Crippen LogP contribution in [0.1, 0.15) is 64.1 Å². The minimum absolute atomic E-state index is 0.101. The molecule has 2 amide bonds. The van der Waals surface area contributed by atoms with Crippen molar-refractivity contribution < 1.29 is 24.2 Å². The highest BCUT2D eigenvalue weighted by atomic mass is 35.5. The number of carboxylic acid groups (broad SMARTS) is 1. The normalized spacial score (nSPS) is 17.4. The summed E-state index contributed by atoms with van der Waals surface area (Å²) in [4.78, 5) is 27.8. The summed E-state index contributed by atoms with van der Waals surface area (Å²) < 4.78 is 13.9. The van der Waals surface area contributed by atoms with Gasteiger partial charge in [-0.05, 0) is 83.7 Å². The minimum atomic E-state index is -1.03. The molecule has 3 heterocycles. The molecule has 0 radical (unpaired) electrons. The number of piperidine rings is 1. The van der Waals surface area contributed by atoms with Crippen LogP contribution in [-0.2, 0) is 11.2 Å². The Labute approximate surface area is 250 Å². The predicted molar refractivity (Wildman–Crippen MR) is 158 cm³/mol. The Hall–Kier alpha value is -4.23. The number of nitriles is 1. The molecule has 3 aromatic rings. The number of aromatic nitrogens is 2. The summed E-state index contributed by atoms with van der Waals surface area (Å²) in [7, 11) is 0. The van der Waals surface area contributed by atoms with Gasteiger partial charge in [0, 0.05) is 47.0 Å². The first-order valence-electron chi connectivity index (χ1n) is 14.0. The second kappa shape index (κ2) is 11.6. The summed E-state index contributed by atoms with van der Waals surface area (Å²) in [5.41, 5.74) is 2.59. The predicted octanol–water partition coefficient (Wildman–Crippen LogP) is 7.26. The number of benzene rings is 2. The lowest BCUT2D eigenvalue weighted by molar-refractivity contribution is 0.0184. The number of hydrogen-bond donors (Lipinski definition) is 1. The summed E-state index contributed by atoms with van der Waals surface area (Å²) in [6, 6.07) is 10.5. The van der Waals surface area contributed by atoms with E-state index in [1.165, 1.54) is 4.90 Å². The molecule has 10 nitrogen and oxygen atoms in total. The second-order valence-electron chi connectivity index (χ2n) is 11.7. The number of nitrogens with zero attached hydrogens (tertiary/aromatic N) is 5. The first-order chi connectivity index (χ1) is 19.9. The number of fused-ring (bicyclic) bond motifs is 1. The smallest absolute Gasteiger partial charge is 0.412 e. The quantitative estimate of drug-likeness (QED) is 0.339. The van der Waals surface area contributed by atoms with E-state index in [9.17, 15) is 20.0 Å². The van der Waals surface area contributed by atoms with E-state index in [-0.39, 0.29) is 23.7 Å². The lowest BCUT2D eigenvalue weighted by Crippen LogP contribution is -2.42. The van der Waals surface area contributed by atoms with Gasteiger partial charge in [0.05, 0.1) is 23.5 Å². The van der Waals surface area contributed by atoms with Crippen LogP contribution in [0.3, 0.4) is 0 Å². The second-order valence-corrected chi connectivity index (χ2v) is 12.2. The monoisotopic (exact) mass is 591 g/mol. The molecule has 0 spiro atoms. The molecule has 0 bridgehead atoms. The zero-order valence-electron chi connectivity index (χ0n) is 24.1. The Morgan fingerprint density at radius 3 is 2.55 bits per heavy atom. The molecular formula is C31H34ClN5O5. The summed E-state index contributed by atoms with van der Waals surface area (Å²) in [6.45, 7) is 8.59. The van der Waals surface area contributed by atoms with E-state index in [0.29, 0.717) is 48.1 Å². The molecule has 5 rings (SSSR count). The molecule has 0 unspecified atom stereocenters. The molecule has 2 aliphatic rings. The average molecular weight is 592 g/mol. The van der Waals surface area contributed by atoms with Gasteiger partial charge < -0.3 is 19.5 Å². The Bertz CT molecular complexity index is 1550. The van der Waals surface area contributed by atoms with Crippen LogP contribution in [0.15, 0.2) is 42.7 Å². The summed E-state index contributed by atoms with van der Waals surface area (Å²) >= 11 is 6.12. The third-order valence-electron chi connectivity index (χ3n) is 7.63. The van der Waals surface area contributed by atoms with Gasteiger partial charge in [0.25, 0.3) is 0 Å². The van der Waals surface area contributed by atoms with Gasteiger partial charge in [-0.3, -0.25) is 9.58 Å². The van der Waals surface area contributed by atoms with Crippen molar-refractivity contribution in [3.63, 3.8) is 0 Å². The van der Waals surface area contributed by atoms with Crippen molar-refractivity contribution in [2.24, 2.45) is 0 Å². The van der Waals surface area contributed by atoms with Crippen molar-refractivity contribution in [2.45, 2.75) is 71.1 Å². The van der Waals surface area contributed by atoms with Crippen LogP contribution in [0, 0.1) is 11.3 Å². The van der Waals surface area contributed by atoms with Crippen molar-refractivity contribution >= 4 is 29.5 Å². The van der Waals surface area contributed by atoms with Crippen molar-refractivity contribution in [3.05, 3.63) is 58.9 Å². The summed E-state index contributed by atoms with van der Waals surface area (Å²) in [5, 5.41) is 24.8. The molecule has 11 heteroatoms.